The number of aromatic nitrogens is 4. The summed E-state index contributed by atoms with van der Waals surface area (Å²) >= 11 is 6.45. The summed E-state index contributed by atoms with van der Waals surface area (Å²) in [5.41, 5.74) is 3.45. The van der Waals surface area contributed by atoms with E-state index < -0.39 is 11.7 Å². The summed E-state index contributed by atoms with van der Waals surface area (Å²) in [6.45, 7) is 7.26. The van der Waals surface area contributed by atoms with Gasteiger partial charge >= 0.3 is 12.2 Å². The van der Waals surface area contributed by atoms with E-state index in [1.54, 1.807) is 17.3 Å². The number of amides is 2. The minimum Gasteiger partial charge on any atom is -0.445 e. The molecule has 3 heterocycles. The van der Waals surface area contributed by atoms with E-state index in [0.29, 0.717) is 36.3 Å². The number of hydrogen-bond donors (Lipinski definition) is 2. The molecule has 1 aliphatic heterocycles. The Kier molecular flexibility index (Phi) is 9.64. The van der Waals surface area contributed by atoms with Crippen molar-refractivity contribution in [3.05, 3.63) is 89.3 Å². The fourth-order valence-electron chi connectivity index (χ4n) is 4.75. The zero-order chi connectivity index (χ0) is 31.1. The first kappa shape index (κ1) is 30.8. The number of rotatable bonds is 8. The molecule has 5 rings (SSSR count). The van der Waals surface area contributed by atoms with E-state index in [0.717, 1.165) is 35.2 Å². The second-order valence-corrected chi connectivity index (χ2v) is 11.9. The molecule has 11 nitrogen and oxygen atoms in total. The van der Waals surface area contributed by atoms with Crippen molar-refractivity contribution in [3.63, 3.8) is 0 Å². The quantitative estimate of drug-likeness (QED) is 0.223. The van der Waals surface area contributed by atoms with E-state index in [2.05, 4.69) is 25.7 Å². The number of carbonyl (C=O) groups is 2. The Bertz CT molecular complexity index is 1560. The highest BCUT2D eigenvalue weighted by atomic mass is 35.5. The van der Waals surface area contributed by atoms with Crippen LogP contribution in [-0.2, 0) is 22.6 Å². The van der Waals surface area contributed by atoms with Crippen LogP contribution in [0.4, 0.5) is 21.2 Å². The molecule has 0 unspecified atom stereocenters. The first-order valence-corrected chi connectivity index (χ1v) is 14.9. The van der Waals surface area contributed by atoms with Crippen LogP contribution >= 0.6 is 11.6 Å². The van der Waals surface area contributed by atoms with Crippen LogP contribution in [0.2, 0.25) is 5.02 Å². The number of benzene rings is 2. The molecule has 12 heteroatoms. The number of piperidine rings is 1. The standard InChI is InChI=1S/C32H36ClN7O4/c1-32(2,3)44-30(41)35-17-22-9-11-24(12-10-22)28-27(33)19-34-29(38-28)37-25-18-36-40(20-25)26-13-15-39(16-14-26)31(42)43-21-23-7-5-4-6-8-23/h4-12,18-20,26H,13-17,21H2,1-3H3,(H,35,41)(H,34,37,38). The number of nitrogens with one attached hydrogen (secondary N) is 2. The lowest BCUT2D eigenvalue weighted by atomic mass is 10.1. The molecule has 2 aromatic heterocycles. The Labute approximate surface area is 261 Å². The molecular weight excluding hydrogens is 582 g/mol. The Morgan fingerprint density at radius 1 is 1.00 bits per heavy atom. The zero-order valence-electron chi connectivity index (χ0n) is 25.0. The van der Waals surface area contributed by atoms with Crippen LogP contribution in [0.25, 0.3) is 11.3 Å². The van der Waals surface area contributed by atoms with E-state index in [9.17, 15) is 9.59 Å². The van der Waals surface area contributed by atoms with Crippen molar-refractivity contribution in [3.8, 4) is 11.3 Å². The van der Waals surface area contributed by atoms with Gasteiger partial charge < -0.3 is 25.0 Å². The van der Waals surface area contributed by atoms with Gasteiger partial charge in [0.15, 0.2) is 0 Å². The van der Waals surface area contributed by atoms with Crippen molar-refractivity contribution in [1.82, 2.24) is 30.0 Å². The molecule has 2 amide bonds. The van der Waals surface area contributed by atoms with Crippen LogP contribution in [0.3, 0.4) is 0 Å². The third-order valence-electron chi connectivity index (χ3n) is 6.97. The third-order valence-corrected chi connectivity index (χ3v) is 7.24. The monoisotopic (exact) mass is 617 g/mol. The highest BCUT2D eigenvalue weighted by Gasteiger charge is 2.25. The number of ether oxygens (including phenoxy) is 2. The molecule has 4 aromatic rings. The van der Waals surface area contributed by atoms with Crippen LogP contribution in [0, 0.1) is 0 Å². The molecule has 230 valence electrons. The molecule has 2 N–H and O–H groups in total. The summed E-state index contributed by atoms with van der Waals surface area (Å²) in [6.07, 6.45) is 5.98. The van der Waals surface area contributed by atoms with Gasteiger partial charge in [0, 0.05) is 31.4 Å². The molecule has 1 saturated heterocycles. The largest absolute Gasteiger partial charge is 0.445 e. The van der Waals surface area contributed by atoms with Gasteiger partial charge in [-0.3, -0.25) is 4.68 Å². The third kappa shape index (κ3) is 8.47. The molecule has 2 aromatic carbocycles. The van der Waals surface area contributed by atoms with Gasteiger partial charge in [-0.2, -0.15) is 5.10 Å². The summed E-state index contributed by atoms with van der Waals surface area (Å²) in [7, 11) is 0. The van der Waals surface area contributed by atoms with Crippen LogP contribution in [0.1, 0.15) is 50.8 Å². The Morgan fingerprint density at radius 2 is 1.73 bits per heavy atom. The van der Waals surface area contributed by atoms with Gasteiger partial charge in [-0.1, -0.05) is 66.2 Å². The van der Waals surface area contributed by atoms with Gasteiger partial charge in [-0.15, -0.1) is 0 Å². The minimum absolute atomic E-state index is 0.161. The fourth-order valence-corrected chi connectivity index (χ4v) is 4.95. The lowest BCUT2D eigenvalue weighted by molar-refractivity contribution is 0.0523. The molecule has 0 bridgehead atoms. The topological polar surface area (TPSA) is 124 Å². The summed E-state index contributed by atoms with van der Waals surface area (Å²) in [5.74, 6) is 0.385. The van der Waals surface area contributed by atoms with Crippen molar-refractivity contribution >= 4 is 35.4 Å². The lowest BCUT2D eigenvalue weighted by Gasteiger charge is -2.31. The second-order valence-electron chi connectivity index (χ2n) is 11.5. The van der Waals surface area contributed by atoms with E-state index in [4.69, 9.17) is 21.1 Å². The number of anilines is 2. The van der Waals surface area contributed by atoms with Gasteiger partial charge in [0.1, 0.15) is 12.2 Å². The summed E-state index contributed by atoms with van der Waals surface area (Å²) < 4.78 is 12.7. The van der Waals surface area contributed by atoms with E-state index >= 15 is 0 Å². The maximum atomic E-state index is 12.5. The molecule has 0 atom stereocenters. The highest BCUT2D eigenvalue weighted by Crippen LogP contribution is 2.28. The van der Waals surface area contributed by atoms with Gasteiger partial charge in [0.05, 0.1) is 34.8 Å². The Morgan fingerprint density at radius 3 is 2.43 bits per heavy atom. The van der Waals surface area contributed by atoms with Gasteiger partial charge in [-0.05, 0) is 44.7 Å². The highest BCUT2D eigenvalue weighted by molar-refractivity contribution is 6.32. The number of carbonyl (C=O) groups excluding carboxylic acids is 2. The predicted octanol–water partition coefficient (Wildman–Crippen LogP) is 6.74. The van der Waals surface area contributed by atoms with Crippen molar-refractivity contribution in [2.45, 2.75) is 58.4 Å². The maximum absolute atomic E-state index is 12.5. The van der Waals surface area contributed by atoms with Crippen molar-refractivity contribution in [2.75, 3.05) is 18.4 Å². The molecule has 1 fully saturated rings. The summed E-state index contributed by atoms with van der Waals surface area (Å²) in [4.78, 5) is 35.2. The number of likely N-dealkylation sites (tertiary alicyclic amines) is 1. The molecule has 1 aliphatic rings. The number of hydrogen-bond acceptors (Lipinski definition) is 8. The van der Waals surface area contributed by atoms with E-state index in [1.165, 1.54) is 0 Å². The molecule has 0 spiro atoms. The maximum Gasteiger partial charge on any atom is 0.410 e. The average Bonchev–Trinajstić information content (AvgIpc) is 3.48. The molecular formula is C32H36ClN7O4. The Balaban J connectivity index is 1.13. The molecule has 44 heavy (non-hydrogen) atoms. The van der Waals surface area contributed by atoms with Crippen LogP contribution in [0.5, 0.6) is 0 Å². The first-order chi connectivity index (χ1) is 21.1. The second kappa shape index (κ2) is 13.8. The minimum atomic E-state index is -0.555. The number of alkyl carbamates (subject to hydrolysis) is 1. The fraction of sp³-hybridized carbons (Fsp3) is 0.344. The van der Waals surface area contributed by atoms with Crippen molar-refractivity contribution in [1.29, 1.82) is 0 Å². The molecule has 0 saturated carbocycles. The molecule has 0 radical (unpaired) electrons. The smallest absolute Gasteiger partial charge is 0.410 e. The number of nitrogens with zero attached hydrogens (tertiary/aromatic N) is 5. The normalized spacial score (nSPS) is 13.8. The van der Waals surface area contributed by atoms with Crippen LogP contribution < -0.4 is 10.6 Å². The van der Waals surface area contributed by atoms with Gasteiger partial charge in [0.25, 0.3) is 0 Å². The van der Waals surface area contributed by atoms with Crippen molar-refractivity contribution in [2.24, 2.45) is 0 Å². The number of halogens is 1. The predicted molar refractivity (Wildman–Crippen MR) is 168 cm³/mol. The zero-order valence-corrected chi connectivity index (χ0v) is 25.8. The van der Waals surface area contributed by atoms with E-state index in [1.807, 2.05) is 86.2 Å². The average molecular weight is 618 g/mol. The Hall–Kier alpha value is -4.64. The first-order valence-electron chi connectivity index (χ1n) is 14.5. The summed E-state index contributed by atoms with van der Waals surface area (Å²) in [5, 5.41) is 10.9. The SMILES string of the molecule is CC(C)(C)OC(=O)NCc1ccc(-c2nc(Nc3cnn(C4CCN(C(=O)OCc5ccccc5)CC4)c3)ncc2Cl)cc1. The lowest BCUT2D eigenvalue weighted by Crippen LogP contribution is -2.39. The summed E-state index contributed by atoms with van der Waals surface area (Å²) in [6, 6.07) is 17.4. The molecule has 0 aliphatic carbocycles. The van der Waals surface area contributed by atoms with Gasteiger partial charge in [-0.25, -0.2) is 19.6 Å². The van der Waals surface area contributed by atoms with Crippen molar-refractivity contribution < 1.29 is 19.1 Å². The van der Waals surface area contributed by atoms with Gasteiger partial charge in [0.2, 0.25) is 5.95 Å². The van der Waals surface area contributed by atoms with E-state index in [-0.39, 0.29) is 18.7 Å². The van der Waals surface area contributed by atoms with Crippen LogP contribution in [0.15, 0.2) is 73.2 Å². The van der Waals surface area contributed by atoms with Crippen LogP contribution in [-0.4, -0.2) is 55.5 Å².